The summed E-state index contributed by atoms with van der Waals surface area (Å²) in [4.78, 5) is 0. The highest BCUT2D eigenvalue weighted by molar-refractivity contribution is 5.45. The van der Waals surface area contributed by atoms with Gasteiger partial charge in [-0.25, -0.2) is 13.8 Å². The standard InChI is InChI=1S/C11H16F2N2/c1-4-15(5-2)14(3)11-7-6-9(12)8-10(11)13/h6-8H,4-5H2,1-3H3. The molecule has 2 nitrogen and oxygen atoms in total. The summed E-state index contributed by atoms with van der Waals surface area (Å²) in [5.41, 5.74) is 0.389. The average Bonchev–Trinajstić information content (AvgIpc) is 2.19. The highest BCUT2D eigenvalue weighted by Crippen LogP contribution is 2.20. The van der Waals surface area contributed by atoms with Crippen molar-refractivity contribution in [2.75, 3.05) is 25.1 Å². The normalized spacial score (nSPS) is 10.8. The summed E-state index contributed by atoms with van der Waals surface area (Å²) in [6, 6.07) is 3.61. The fourth-order valence-electron chi connectivity index (χ4n) is 1.54. The third kappa shape index (κ3) is 2.65. The molecule has 0 fully saturated rings. The van der Waals surface area contributed by atoms with Crippen LogP contribution in [-0.4, -0.2) is 25.1 Å². The molecule has 0 heterocycles. The Morgan fingerprint density at radius 2 is 1.73 bits per heavy atom. The number of halogens is 2. The molecule has 0 N–H and O–H groups in total. The maximum Gasteiger partial charge on any atom is 0.150 e. The Morgan fingerprint density at radius 1 is 1.13 bits per heavy atom. The summed E-state index contributed by atoms with van der Waals surface area (Å²) in [5, 5.41) is 3.66. The Bertz CT molecular complexity index is 324. The first kappa shape index (κ1) is 11.9. The van der Waals surface area contributed by atoms with Crippen molar-refractivity contribution in [1.82, 2.24) is 5.01 Å². The second-order valence-electron chi connectivity index (χ2n) is 3.26. The van der Waals surface area contributed by atoms with Crippen molar-refractivity contribution in [3.63, 3.8) is 0 Å². The second-order valence-corrected chi connectivity index (χ2v) is 3.26. The molecule has 0 saturated carbocycles. The molecule has 1 aromatic carbocycles. The topological polar surface area (TPSA) is 6.48 Å². The zero-order valence-electron chi connectivity index (χ0n) is 9.30. The van der Waals surface area contributed by atoms with Crippen LogP contribution in [0.25, 0.3) is 0 Å². The summed E-state index contributed by atoms with van der Waals surface area (Å²) in [5.74, 6) is -1.09. The van der Waals surface area contributed by atoms with E-state index in [0.29, 0.717) is 5.69 Å². The molecule has 84 valence electrons. The van der Waals surface area contributed by atoms with Gasteiger partial charge >= 0.3 is 0 Å². The van der Waals surface area contributed by atoms with E-state index in [1.807, 2.05) is 18.9 Å². The van der Waals surface area contributed by atoms with E-state index < -0.39 is 11.6 Å². The largest absolute Gasteiger partial charge is 0.306 e. The summed E-state index contributed by atoms with van der Waals surface area (Å²) in [7, 11) is 1.77. The van der Waals surface area contributed by atoms with E-state index in [-0.39, 0.29) is 0 Å². The zero-order chi connectivity index (χ0) is 11.4. The second kappa shape index (κ2) is 5.07. The quantitative estimate of drug-likeness (QED) is 0.711. The maximum atomic E-state index is 13.4. The molecule has 0 aliphatic carbocycles. The van der Waals surface area contributed by atoms with Crippen LogP contribution in [0.2, 0.25) is 0 Å². The highest BCUT2D eigenvalue weighted by atomic mass is 19.1. The minimum atomic E-state index is -0.552. The number of nitrogens with zero attached hydrogens (tertiary/aromatic N) is 2. The molecule has 0 aromatic heterocycles. The molecule has 15 heavy (non-hydrogen) atoms. The van der Waals surface area contributed by atoms with Gasteiger partial charge in [0.1, 0.15) is 5.82 Å². The molecule has 0 amide bonds. The van der Waals surface area contributed by atoms with Gasteiger partial charge in [-0.1, -0.05) is 13.8 Å². The van der Waals surface area contributed by atoms with Crippen LogP contribution >= 0.6 is 0 Å². The molecule has 0 radical (unpaired) electrons. The van der Waals surface area contributed by atoms with Gasteiger partial charge in [-0.05, 0) is 12.1 Å². The predicted molar refractivity (Wildman–Crippen MR) is 57.7 cm³/mol. The van der Waals surface area contributed by atoms with Crippen LogP contribution < -0.4 is 5.01 Å². The molecule has 0 spiro atoms. The van der Waals surface area contributed by atoms with Gasteiger partial charge in [0.15, 0.2) is 5.82 Å². The molecular weight excluding hydrogens is 198 g/mol. The van der Waals surface area contributed by atoms with Gasteiger partial charge in [-0.15, -0.1) is 0 Å². The molecule has 0 aliphatic heterocycles. The molecule has 4 heteroatoms. The Hall–Kier alpha value is -1.16. The lowest BCUT2D eigenvalue weighted by Crippen LogP contribution is -2.40. The first-order valence-corrected chi connectivity index (χ1v) is 5.03. The fourth-order valence-corrected chi connectivity index (χ4v) is 1.54. The summed E-state index contributed by atoms with van der Waals surface area (Å²) in [6.45, 7) is 5.54. The smallest absolute Gasteiger partial charge is 0.150 e. The number of hydrogen-bond donors (Lipinski definition) is 0. The Morgan fingerprint density at radius 3 is 2.20 bits per heavy atom. The highest BCUT2D eigenvalue weighted by Gasteiger charge is 2.12. The lowest BCUT2D eigenvalue weighted by Gasteiger charge is -2.31. The predicted octanol–water partition coefficient (Wildman–Crippen LogP) is 2.66. The van der Waals surface area contributed by atoms with Gasteiger partial charge < -0.3 is 5.01 Å². The van der Waals surface area contributed by atoms with Crippen LogP contribution in [0.3, 0.4) is 0 Å². The van der Waals surface area contributed by atoms with Crippen LogP contribution in [0, 0.1) is 11.6 Å². The van der Waals surface area contributed by atoms with Crippen LogP contribution in [0.4, 0.5) is 14.5 Å². The summed E-state index contributed by atoms with van der Waals surface area (Å²) in [6.07, 6.45) is 0. The monoisotopic (exact) mass is 214 g/mol. The van der Waals surface area contributed by atoms with Gasteiger partial charge in [0.2, 0.25) is 0 Å². The number of rotatable bonds is 4. The van der Waals surface area contributed by atoms with Crippen molar-refractivity contribution >= 4 is 5.69 Å². The molecule has 1 aromatic rings. The first-order chi connectivity index (χ1) is 7.10. The number of hydrogen-bond acceptors (Lipinski definition) is 2. The van der Waals surface area contributed by atoms with E-state index >= 15 is 0 Å². The number of benzene rings is 1. The van der Waals surface area contributed by atoms with Crippen LogP contribution in [0.1, 0.15) is 13.8 Å². The lowest BCUT2D eigenvalue weighted by atomic mass is 10.3. The molecule has 0 bridgehead atoms. The summed E-state index contributed by atoms with van der Waals surface area (Å²) < 4.78 is 26.1. The molecule has 0 aliphatic rings. The molecule has 0 atom stereocenters. The van der Waals surface area contributed by atoms with Crippen LogP contribution in [0.15, 0.2) is 18.2 Å². The molecular formula is C11H16F2N2. The Kier molecular flexibility index (Phi) is 4.03. The Balaban J connectivity index is 2.94. The van der Waals surface area contributed by atoms with Gasteiger partial charge in [0, 0.05) is 26.2 Å². The third-order valence-electron chi connectivity index (χ3n) is 2.41. The Labute approximate surface area is 89.1 Å². The van der Waals surface area contributed by atoms with Crippen molar-refractivity contribution in [1.29, 1.82) is 0 Å². The van der Waals surface area contributed by atoms with Crippen molar-refractivity contribution < 1.29 is 8.78 Å². The van der Waals surface area contributed by atoms with Gasteiger partial charge in [-0.2, -0.15) is 0 Å². The van der Waals surface area contributed by atoms with Crippen molar-refractivity contribution in [3.05, 3.63) is 29.8 Å². The van der Waals surface area contributed by atoms with E-state index in [1.165, 1.54) is 12.1 Å². The zero-order valence-corrected chi connectivity index (χ0v) is 9.30. The maximum absolute atomic E-state index is 13.4. The van der Waals surface area contributed by atoms with E-state index in [4.69, 9.17) is 0 Å². The van der Waals surface area contributed by atoms with Gasteiger partial charge in [-0.3, -0.25) is 0 Å². The van der Waals surface area contributed by atoms with Crippen molar-refractivity contribution in [2.45, 2.75) is 13.8 Å². The number of hydrazine groups is 1. The number of anilines is 1. The third-order valence-corrected chi connectivity index (χ3v) is 2.41. The molecule has 0 unspecified atom stereocenters. The van der Waals surface area contributed by atoms with E-state index in [2.05, 4.69) is 0 Å². The minimum Gasteiger partial charge on any atom is -0.306 e. The molecule has 1 rings (SSSR count). The first-order valence-electron chi connectivity index (χ1n) is 5.03. The van der Waals surface area contributed by atoms with E-state index in [9.17, 15) is 8.78 Å². The SMILES string of the molecule is CCN(CC)N(C)c1ccc(F)cc1F. The molecule has 0 saturated heterocycles. The van der Waals surface area contributed by atoms with Crippen LogP contribution in [0.5, 0.6) is 0 Å². The van der Waals surface area contributed by atoms with Gasteiger partial charge in [0.05, 0.1) is 5.69 Å². The minimum absolute atomic E-state index is 0.389. The van der Waals surface area contributed by atoms with Crippen LogP contribution in [-0.2, 0) is 0 Å². The van der Waals surface area contributed by atoms with E-state index in [0.717, 1.165) is 19.2 Å². The van der Waals surface area contributed by atoms with E-state index in [1.54, 1.807) is 12.1 Å². The van der Waals surface area contributed by atoms with Crippen molar-refractivity contribution in [2.24, 2.45) is 0 Å². The van der Waals surface area contributed by atoms with Crippen molar-refractivity contribution in [3.8, 4) is 0 Å². The van der Waals surface area contributed by atoms with Gasteiger partial charge in [0.25, 0.3) is 0 Å². The lowest BCUT2D eigenvalue weighted by molar-refractivity contribution is 0.290. The fraction of sp³-hybridized carbons (Fsp3) is 0.455. The average molecular weight is 214 g/mol. The summed E-state index contributed by atoms with van der Waals surface area (Å²) >= 11 is 0.